The zero-order chi connectivity index (χ0) is 11.8. The monoisotopic (exact) mass is 216 g/mol. The van der Waals surface area contributed by atoms with Crippen LogP contribution >= 0.6 is 0 Å². The van der Waals surface area contributed by atoms with Crippen LogP contribution in [0.2, 0.25) is 0 Å². The van der Waals surface area contributed by atoms with Crippen molar-refractivity contribution >= 4 is 5.91 Å². The van der Waals surface area contributed by atoms with Crippen LogP contribution in [0.5, 0.6) is 0 Å². The first kappa shape index (κ1) is 14.4. The molecule has 0 rings (SSSR count). The molecule has 2 atom stereocenters. The molecule has 0 bridgehead atoms. The fraction of sp³-hybridized carbons (Fsp3) is 0.909. The Morgan fingerprint density at radius 3 is 2.33 bits per heavy atom. The zero-order valence-corrected chi connectivity index (χ0v) is 10.2. The molecular weight excluding hydrogens is 192 g/mol. The Labute approximate surface area is 92.4 Å². The molecule has 0 fully saturated rings. The lowest BCUT2D eigenvalue weighted by atomic mass is 10.1. The Morgan fingerprint density at radius 2 is 1.87 bits per heavy atom. The van der Waals surface area contributed by atoms with Crippen LogP contribution in [0.15, 0.2) is 0 Å². The maximum absolute atomic E-state index is 11.5. The van der Waals surface area contributed by atoms with Gasteiger partial charge in [-0.3, -0.25) is 4.79 Å². The van der Waals surface area contributed by atoms with Crippen molar-refractivity contribution in [2.24, 2.45) is 11.8 Å². The summed E-state index contributed by atoms with van der Waals surface area (Å²) in [5.41, 5.74) is 0. The summed E-state index contributed by atoms with van der Waals surface area (Å²) in [4.78, 5) is 11.5. The van der Waals surface area contributed by atoms with Crippen LogP contribution in [0, 0.1) is 11.8 Å². The van der Waals surface area contributed by atoms with Crippen molar-refractivity contribution in [2.45, 2.75) is 33.3 Å². The largest absolute Gasteiger partial charge is 0.391 e. The Hall–Kier alpha value is -0.610. The van der Waals surface area contributed by atoms with Gasteiger partial charge in [0.15, 0.2) is 0 Å². The van der Waals surface area contributed by atoms with Gasteiger partial charge in [-0.2, -0.15) is 0 Å². The summed E-state index contributed by atoms with van der Waals surface area (Å²) in [7, 11) is 1.82. The first-order valence-electron chi connectivity index (χ1n) is 5.57. The number of hydrogen-bond acceptors (Lipinski definition) is 3. The molecule has 0 aromatic carbocycles. The molecule has 3 N–H and O–H groups in total. The second kappa shape index (κ2) is 7.65. The van der Waals surface area contributed by atoms with E-state index < -0.39 is 6.10 Å². The lowest BCUT2D eigenvalue weighted by molar-refractivity contribution is -0.124. The van der Waals surface area contributed by atoms with Crippen LogP contribution in [0.3, 0.4) is 0 Å². The third-order valence-corrected chi connectivity index (χ3v) is 2.21. The molecular formula is C11H24N2O2. The lowest BCUT2D eigenvalue weighted by Gasteiger charge is -2.16. The topological polar surface area (TPSA) is 61.4 Å². The van der Waals surface area contributed by atoms with E-state index in [0.717, 1.165) is 6.42 Å². The third kappa shape index (κ3) is 7.33. The van der Waals surface area contributed by atoms with E-state index in [4.69, 9.17) is 0 Å². The van der Waals surface area contributed by atoms with Gasteiger partial charge in [-0.15, -0.1) is 0 Å². The zero-order valence-electron chi connectivity index (χ0n) is 10.2. The van der Waals surface area contributed by atoms with Gasteiger partial charge in [0, 0.05) is 19.0 Å². The minimum absolute atomic E-state index is 0.00726. The standard InChI is InChI=1S/C11H24N2O2/c1-8(2)5-10(14)7-13-11(15)9(3)6-12-4/h8-10,12,14H,5-7H2,1-4H3,(H,13,15). The van der Waals surface area contributed by atoms with Crippen LogP contribution in [0.25, 0.3) is 0 Å². The van der Waals surface area contributed by atoms with E-state index in [9.17, 15) is 9.90 Å². The molecule has 15 heavy (non-hydrogen) atoms. The molecule has 0 aliphatic carbocycles. The summed E-state index contributed by atoms with van der Waals surface area (Å²) in [6.07, 6.45) is 0.288. The molecule has 0 spiro atoms. The molecule has 0 aromatic rings. The van der Waals surface area contributed by atoms with Gasteiger partial charge in [-0.1, -0.05) is 20.8 Å². The highest BCUT2D eigenvalue weighted by Gasteiger charge is 2.13. The average Bonchev–Trinajstić information content (AvgIpc) is 2.13. The highest BCUT2D eigenvalue weighted by Crippen LogP contribution is 2.03. The van der Waals surface area contributed by atoms with Crippen molar-refractivity contribution in [1.82, 2.24) is 10.6 Å². The van der Waals surface area contributed by atoms with E-state index in [2.05, 4.69) is 24.5 Å². The first-order chi connectivity index (χ1) is 6.97. The molecule has 4 nitrogen and oxygen atoms in total. The quantitative estimate of drug-likeness (QED) is 0.576. The fourth-order valence-corrected chi connectivity index (χ4v) is 1.42. The smallest absolute Gasteiger partial charge is 0.224 e. The van der Waals surface area contributed by atoms with E-state index in [0.29, 0.717) is 19.0 Å². The summed E-state index contributed by atoms with van der Waals surface area (Å²) < 4.78 is 0. The predicted octanol–water partition coefficient (Wildman–Crippen LogP) is 0.365. The van der Waals surface area contributed by atoms with Gasteiger partial charge in [0.05, 0.1) is 6.10 Å². The van der Waals surface area contributed by atoms with Crippen LogP contribution < -0.4 is 10.6 Å². The number of rotatable bonds is 7. The molecule has 1 amide bonds. The second-order valence-electron chi connectivity index (χ2n) is 4.49. The van der Waals surface area contributed by atoms with E-state index in [1.165, 1.54) is 0 Å². The maximum atomic E-state index is 11.5. The number of amides is 1. The molecule has 4 heteroatoms. The number of carbonyl (C=O) groups is 1. The number of nitrogens with one attached hydrogen (secondary N) is 2. The van der Waals surface area contributed by atoms with Gasteiger partial charge in [0.25, 0.3) is 0 Å². The van der Waals surface area contributed by atoms with E-state index in [1.807, 2.05) is 14.0 Å². The molecule has 0 heterocycles. The lowest BCUT2D eigenvalue weighted by Crippen LogP contribution is -2.38. The number of aliphatic hydroxyl groups is 1. The molecule has 0 aliphatic rings. The van der Waals surface area contributed by atoms with Crippen LogP contribution in [0.1, 0.15) is 27.2 Å². The molecule has 0 aliphatic heterocycles. The molecule has 0 radical (unpaired) electrons. The Morgan fingerprint density at radius 1 is 1.27 bits per heavy atom. The molecule has 2 unspecified atom stereocenters. The van der Waals surface area contributed by atoms with Gasteiger partial charge in [-0.25, -0.2) is 0 Å². The minimum atomic E-state index is -0.435. The Balaban J connectivity index is 3.70. The van der Waals surface area contributed by atoms with Gasteiger partial charge in [-0.05, 0) is 19.4 Å². The van der Waals surface area contributed by atoms with Crippen molar-refractivity contribution in [3.63, 3.8) is 0 Å². The highest BCUT2D eigenvalue weighted by atomic mass is 16.3. The van der Waals surface area contributed by atoms with Crippen molar-refractivity contribution in [3.05, 3.63) is 0 Å². The SMILES string of the molecule is CNCC(C)C(=O)NCC(O)CC(C)C. The van der Waals surface area contributed by atoms with Gasteiger partial charge >= 0.3 is 0 Å². The van der Waals surface area contributed by atoms with Crippen LogP contribution in [-0.2, 0) is 4.79 Å². The minimum Gasteiger partial charge on any atom is -0.391 e. The third-order valence-electron chi connectivity index (χ3n) is 2.21. The highest BCUT2D eigenvalue weighted by molar-refractivity contribution is 5.78. The molecule has 0 saturated carbocycles. The first-order valence-corrected chi connectivity index (χ1v) is 5.57. The van der Waals surface area contributed by atoms with E-state index in [1.54, 1.807) is 0 Å². The molecule has 0 aromatic heterocycles. The van der Waals surface area contributed by atoms with Gasteiger partial charge in [0.1, 0.15) is 0 Å². The summed E-state index contributed by atoms with van der Waals surface area (Å²) in [5.74, 6) is 0.389. The summed E-state index contributed by atoms with van der Waals surface area (Å²) in [5, 5.41) is 15.2. The Kier molecular flexibility index (Phi) is 7.34. The second-order valence-corrected chi connectivity index (χ2v) is 4.49. The number of hydrogen-bond donors (Lipinski definition) is 3. The number of aliphatic hydroxyl groups excluding tert-OH is 1. The molecule has 90 valence electrons. The summed E-state index contributed by atoms with van der Waals surface area (Å²) >= 11 is 0. The van der Waals surface area contributed by atoms with Crippen molar-refractivity contribution in [2.75, 3.05) is 20.1 Å². The number of carbonyl (C=O) groups excluding carboxylic acids is 1. The van der Waals surface area contributed by atoms with Crippen molar-refractivity contribution in [3.8, 4) is 0 Å². The van der Waals surface area contributed by atoms with Gasteiger partial charge in [0.2, 0.25) is 5.91 Å². The van der Waals surface area contributed by atoms with E-state index >= 15 is 0 Å². The van der Waals surface area contributed by atoms with E-state index in [-0.39, 0.29) is 11.8 Å². The summed E-state index contributed by atoms with van der Waals surface area (Å²) in [6.45, 7) is 6.97. The van der Waals surface area contributed by atoms with Gasteiger partial charge < -0.3 is 15.7 Å². The average molecular weight is 216 g/mol. The Bertz CT molecular complexity index is 183. The normalized spacial score (nSPS) is 15.1. The summed E-state index contributed by atoms with van der Waals surface area (Å²) in [6, 6.07) is 0. The maximum Gasteiger partial charge on any atom is 0.224 e. The fourth-order valence-electron chi connectivity index (χ4n) is 1.42. The van der Waals surface area contributed by atoms with Crippen LogP contribution in [0.4, 0.5) is 0 Å². The van der Waals surface area contributed by atoms with Crippen molar-refractivity contribution in [1.29, 1.82) is 0 Å². The van der Waals surface area contributed by atoms with Crippen LogP contribution in [-0.4, -0.2) is 37.3 Å². The van der Waals surface area contributed by atoms with Crippen molar-refractivity contribution < 1.29 is 9.90 Å². The molecule has 0 saturated heterocycles. The predicted molar refractivity (Wildman–Crippen MR) is 61.6 cm³/mol.